The van der Waals surface area contributed by atoms with Crippen LogP contribution >= 0.6 is 0 Å². The Morgan fingerprint density at radius 2 is 1.95 bits per heavy atom. The van der Waals surface area contributed by atoms with E-state index < -0.39 is 16.9 Å². The van der Waals surface area contributed by atoms with E-state index in [9.17, 15) is 19.7 Å². The molecule has 0 aromatic heterocycles. The molecule has 1 rings (SSSR count). The zero-order valence-corrected chi connectivity index (χ0v) is 12.7. The van der Waals surface area contributed by atoms with Gasteiger partial charge >= 0.3 is 5.97 Å². The number of hydrogen-bond donors (Lipinski definition) is 1. The van der Waals surface area contributed by atoms with Gasteiger partial charge < -0.3 is 10.1 Å². The number of non-ortho nitro benzene ring substituents is 1. The Labute approximate surface area is 128 Å². The average Bonchev–Trinajstić information content (AvgIpc) is 2.46. The zero-order chi connectivity index (χ0) is 16.5. The Hall–Kier alpha value is -2.44. The minimum atomic E-state index is -0.796. The van der Waals surface area contributed by atoms with E-state index >= 15 is 0 Å². The molecule has 7 nitrogen and oxygen atoms in total. The molecule has 1 N–H and O–H groups in total. The molecule has 0 aliphatic carbocycles. The number of nitro benzene ring substituents is 1. The van der Waals surface area contributed by atoms with Gasteiger partial charge in [0.25, 0.3) is 5.69 Å². The highest BCUT2D eigenvalue weighted by Gasteiger charge is 2.21. The van der Waals surface area contributed by atoms with Crippen molar-refractivity contribution in [2.45, 2.75) is 39.2 Å². The molecule has 0 unspecified atom stereocenters. The second-order valence-electron chi connectivity index (χ2n) is 4.90. The van der Waals surface area contributed by atoms with E-state index in [0.717, 1.165) is 12.8 Å². The maximum Gasteiger partial charge on any atom is 0.328 e. The number of hydrogen-bond acceptors (Lipinski definition) is 5. The van der Waals surface area contributed by atoms with Crippen LogP contribution in [-0.4, -0.2) is 29.4 Å². The fraction of sp³-hybridized carbons (Fsp3) is 0.467. The minimum Gasteiger partial charge on any atom is -0.464 e. The van der Waals surface area contributed by atoms with Gasteiger partial charge in [-0.05, 0) is 12.0 Å². The first-order valence-corrected chi connectivity index (χ1v) is 7.11. The van der Waals surface area contributed by atoms with Crippen molar-refractivity contribution in [2.75, 3.05) is 6.61 Å². The Morgan fingerprint density at radius 1 is 1.32 bits per heavy atom. The zero-order valence-electron chi connectivity index (χ0n) is 12.7. The first-order valence-electron chi connectivity index (χ1n) is 7.11. The Balaban J connectivity index is 2.73. The third-order valence-electron chi connectivity index (χ3n) is 2.99. The molecule has 1 amide bonds. The highest BCUT2D eigenvalue weighted by atomic mass is 16.6. The quantitative estimate of drug-likeness (QED) is 0.343. The van der Waals surface area contributed by atoms with Crippen molar-refractivity contribution < 1.29 is 19.2 Å². The van der Waals surface area contributed by atoms with Gasteiger partial charge in [0.2, 0.25) is 5.91 Å². The van der Waals surface area contributed by atoms with Crippen LogP contribution in [0.25, 0.3) is 0 Å². The number of rotatable bonds is 8. The molecule has 0 radical (unpaired) electrons. The van der Waals surface area contributed by atoms with Crippen LogP contribution in [0.15, 0.2) is 24.3 Å². The molecule has 0 saturated carbocycles. The van der Waals surface area contributed by atoms with E-state index in [0.29, 0.717) is 12.2 Å². The van der Waals surface area contributed by atoms with Gasteiger partial charge in [-0.3, -0.25) is 14.9 Å². The van der Waals surface area contributed by atoms with Crippen LogP contribution in [0.1, 0.15) is 32.3 Å². The summed E-state index contributed by atoms with van der Waals surface area (Å²) in [7, 11) is 0. The van der Waals surface area contributed by atoms with Crippen LogP contribution in [0, 0.1) is 10.1 Å². The number of amides is 1. The molecule has 0 spiro atoms. The molecule has 0 heterocycles. The third kappa shape index (κ3) is 5.90. The molecular weight excluding hydrogens is 288 g/mol. The minimum absolute atomic E-state index is 0.0228. The number of unbranched alkanes of at least 4 members (excludes halogenated alkanes) is 1. The summed E-state index contributed by atoms with van der Waals surface area (Å²) in [4.78, 5) is 33.3. The average molecular weight is 308 g/mol. The number of benzene rings is 1. The van der Waals surface area contributed by atoms with E-state index in [4.69, 9.17) is 4.74 Å². The number of nitrogens with zero attached hydrogens (tertiary/aromatic N) is 1. The monoisotopic (exact) mass is 308 g/mol. The molecule has 120 valence electrons. The van der Waals surface area contributed by atoms with Gasteiger partial charge in [-0.15, -0.1) is 0 Å². The van der Waals surface area contributed by atoms with Gasteiger partial charge in [-0.25, -0.2) is 4.79 Å². The molecule has 0 saturated heterocycles. The highest BCUT2D eigenvalue weighted by molar-refractivity contribution is 5.83. The van der Waals surface area contributed by atoms with Crippen molar-refractivity contribution in [1.29, 1.82) is 0 Å². The summed E-state index contributed by atoms with van der Waals surface area (Å²) >= 11 is 0. The van der Waals surface area contributed by atoms with Crippen molar-refractivity contribution in [3.8, 4) is 0 Å². The largest absolute Gasteiger partial charge is 0.464 e. The number of nitrogens with one attached hydrogen (secondary N) is 1. The van der Waals surface area contributed by atoms with Crippen molar-refractivity contribution in [3.63, 3.8) is 0 Å². The summed E-state index contributed by atoms with van der Waals surface area (Å²) in [6, 6.07) is 5.06. The van der Waals surface area contributed by atoms with E-state index in [1.54, 1.807) is 12.1 Å². The van der Waals surface area contributed by atoms with Crippen LogP contribution in [0.5, 0.6) is 0 Å². The van der Waals surface area contributed by atoms with E-state index in [1.807, 2.05) is 6.92 Å². The summed E-state index contributed by atoms with van der Waals surface area (Å²) in [5.74, 6) is -0.832. The first-order chi connectivity index (χ1) is 10.4. The van der Waals surface area contributed by atoms with Crippen LogP contribution in [0.4, 0.5) is 5.69 Å². The van der Waals surface area contributed by atoms with Crippen molar-refractivity contribution >= 4 is 17.6 Å². The van der Waals surface area contributed by atoms with Crippen LogP contribution < -0.4 is 5.32 Å². The standard InChI is InChI=1S/C15H20N2O5/c1-3-4-9-22-15(19)14(16-11(2)18)10-12-5-7-13(8-6-12)17(20)21/h5-8,14H,3-4,9-10H2,1-2H3,(H,16,18)/t14-/m0/s1. The Kier molecular flexibility index (Phi) is 7.01. The molecule has 0 fully saturated rings. The lowest BCUT2D eigenvalue weighted by atomic mass is 10.1. The number of carbonyl (C=O) groups excluding carboxylic acids is 2. The van der Waals surface area contributed by atoms with Gasteiger partial charge in [0.1, 0.15) is 6.04 Å². The highest BCUT2D eigenvalue weighted by Crippen LogP contribution is 2.13. The topological polar surface area (TPSA) is 98.5 Å². The summed E-state index contributed by atoms with van der Waals surface area (Å²) < 4.78 is 5.12. The number of carbonyl (C=O) groups is 2. The number of nitro groups is 1. The lowest BCUT2D eigenvalue weighted by Gasteiger charge is -2.16. The van der Waals surface area contributed by atoms with Gasteiger partial charge in [-0.1, -0.05) is 25.5 Å². The smallest absolute Gasteiger partial charge is 0.328 e. The Bertz CT molecular complexity index is 527. The van der Waals surface area contributed by atoms with E-state index in [1.165, 1.54) is 19.1 Å². The number of ether oxygens (including phenoxy) is 1. The summed E-state index contributed by atoms with van der Waals surface area (Å²) in [6.07, 6.45) is 1.89. The maximum atomic E-state index is 12.0. The predicted molar refractivity (Wildman–Crippen MR) is 80.3 cm³/mol. The lowest BCUT2D eigenvalue weighted by molar-refractivity contribution is -0.384. The van der Waals surface area contributed by atoms with Crippen LogP contribution in [0.3, 0.4) is 0 Å². The summed E-state index contributed by atoms with van der Waals surface area (Å²) in [5.41, 5.74) is 0.683. The first kappa shape index (κ1) is 17.6. The van der Waals surface area contributed by atoms with Gasteiger partial charge in [-0.2, -0.15) is 0 Å². The molecule has 7 heteroatoms. The van der Waals surface area contributed by atoms with Crippen molar-refractivity contribution in [1.82, 2.24) is 5.32 Å². The molecular formula is C15H20N2O5. The van der Waals surface area contributed by atoms with Gasteiger partial charge in [0.05, 0.1) is 11.5 Å². The molecule has 1 atom stereocenters. The Morgan fingerprint density at radius 3 is 2.45 bits per heavy atom. The van der Waals surface area contributed by atoms with E-state index in [2.05, 4.69) is 5.32 Å². The number of esters is 1. The van der Waals surface area contributed by atoms with Crippen molar-refractivity contribution in [3.05, 3.63) is 39.9 Å². The molecule has 0 aliphatic rings. The second-order valence-corrected chi connectivity index (χ2v) is 4.90. The fourth-order valence-corrected chi connectivity index (χ4v) is 1.85. The third-order valence-corrected chi connectivity index (χ3v) is 2.99. The molecule has 0 bridgehead atoms. The molecule has 0 aliphatic heterocycles. The van der Waals surface area contributed by atoms with E-state index in [-0.39, 0.29) is 18.0 Å². The molecule has 1 aromatic carbocycles. The predicted octanol–water partition coefficient (Wildman–Crippen LogP) is 1.99. The summed E-state index contributed by atoms with van der Waals surface area (Å²) in [6.45, 7) is 3.61. The SMILES string of the molecule is CCCCOC(=O)[C@H](Cc1ccc([N+](=O)[O-])cc1)NC(C)=O. The molecule has 1 aromatic rings. The molecule has 22 heavy (non-hydrogen) atoms. The maximum absolute atomic E-state index is 12.0. The summed E-state index contributed by atoms with van der Waals surface area (Å²) in [5, 5.41) is 13.2. The second kappa shape index (κ2) is 8.76. The van der Waals surface area contributed by atoms with Gasteiger partial charge in [0, 0.05) is 25.5 Å². The van der Waals surface area contributed by atoms with Gasteiger partial charge in [0.15, 0.2) is 0 Å². The van der Waals surface area contributed by atoms with Crippen LogP contribution in [-0.2, 0) is 20.7 Å². The normalized spacial score (nSPS) is 11.5. The van der Waals surface area contributed by atoms with Crippen molar-refractivity contribution in [2.24, 2.45) is 0 Å². The fourth-order valence-electron chi connectivity index (χ4n) is 1.85. The lowest BCUT2D eigenvalue weighted by Crippen LogP contribution is -2.42. The van der Waals surface area contributed by atoms with Crippen LogP contribution in [0.2, 0.25) is 0 Å².